The van der Waals surface area contributed by atoms with Crippen molar-refractivity contribution in [1.82, 2.24) is 19.4 Å². The van der Waals surface area contributed by atoms with Crippen LogP contribution < -0.4 is 16.6 Å². The molecule has 2 aromatic heterocycles. The molecule has 8 nitrogen and oxygen atoms in total. The molecular weight excluding hydrogens is 452 g/mol. The molecule has 4 rings (SSSR count). The van der Waals surface area contributed by atoms with Crippen LogP contribution in [0, 0.1) is 17.8 Å². The van der Waals surface area contributed by atoms with Gasteiger partial charge in [0.1, 0.15) is 11.2 Å². The lowest BCUT2D eigenvalue weighted by Crippen LogP contribution is -2.46. The molecule has 0 aromatic carbocycles. The lowest BCUT2D eigenvalue weighted by molar-refractivity contribution is -0.133. The topological polar surface area (TPSA) is 93.4 Å². The molecule has 0 bridgehead atoms. The zero-order valence-corrected chi connectivity index (χ0v) is 21.2. The quantitative estimate of drug-likeness (QED) is 0.677. The van der Waals surface area contributed by atoms with Crippen LogP contribution in [-0.2, 0) is 22.7 Å². The van der Waals surface area contributed by atoms with E-state index in [0.29, 0.717) is 29.2 Å². The summed E-state index contributed by atoms with van der Waals surface area (Å²) in [5.74, 6) is 0.651. The minimum Gasteiger partial charge on any atom is -0.354 e. The van der Waals surface area contributed by atoms with Gasteiger partial charge in [0.15, 0.2) is 0 Å². The van der Waals surface area contributed by atoms with Crippen molar-refractivity contribution < 1.29 is 9.59 Å². The van der Waals surface area contributed by atoms with E-state index >= 15 is 0 Å². The molecule has 1 atom stereocenters. The fourth-order valence-corrected chi connectivity index (χ4v) is 6.21. The number of aromatic nitrogens is 2. The molecule has 0 unspecified atom stereocenters. The summed E-state index contributed by atoms with van der Waals surface area (Å²) in [5.41, 5.74) is -0.136. The van der Waals surface area contributed by atoms with Crippen LogP contribution in [0.5, 0.6) is 0 Å². The van der Waals surface area contributed by atoms with E-state index in [9.17, 15) is 19.2 Å². The molecule has 1 saturated carbocycles. The van der Waals surface area contributed by atoms with Crippen LogP contribution >= 0.6 is 11.3 Å². The highest BCUT2D eigenvalue weighted by Gasteiger charge is 2.28. The Labute approximate surface area is 203 Å². The van der Waals surface area contributed by atoms with Gasteiger partial charge in [0.05, 0.1) is 5.52 Å². The predicted octanol–water partition coefficient (Wildman–Crippen LogP) is 2.81. The van der Waals surface area contributed by atoms with Crippen LogP contribution in [-0.4, -0.2) is 45.0 Å². The Kier molecular flexibility index (Phi) is 7.60. The zero-order valence-electron chi connectivity index (χ0n) is 20.4. The number of hydrogen-bond donors (Lipinski definition) is 1. The Morgan fingerprint density at radius 1 is 1.12 bits per heavy atom. The Balaban J connectivity index is 1.53. The first-order valence-electron chi connectivity index (χ1n) is 12.5. The summed E-state index contributed by atoms with van der Waals surface area (Å²) in [5, 5.41) is 4.79. The lowest BCUT2D eigenvalue weighted by atomic mass is 9.81. The predicted molar refractivity (Wildman–Crippen MR) is 134 cm³/mol. The average Bonchev–Trinajstić information content (AvgIpc) is 3.29. The van der Waals surface area contributed by atoms with Gasteiger partial charge in [-0.3, -0.25) is 23.5 Å². The second-order valence-electron chi connectivity index (χ2n) is 10.4. The maximum Gasteiger partial charge on any atom is 0.332 e. The van der Waals surface area contributed by atoms with Crippen LogP contribution in [0.2, 0.25) is 0 Å². The van der Waals surface area contributed by atoms with Crippen molar-refractivity contribution in [2.24, 2.45) is 17.8 Å². The molecule has 2 fully saturated rings. The van der Waals surface area contributed by atoms with Gasteiger partial charge in [0.2, 0.25) is 11.8 Å². The van der Waals surface area contributed by atoms with Gasteiger partial charge in [-0.2, -0.15) is 0 Å². The van der Waals surface area contributed by atoms with Crippen LogP contribution in [0.4, 0.5) is 0 Å². The first-order valence-corrected chi connectivity index (χ1v) is 13.4. The van der Waals surface area contributed by atoms with Crippen LogP contribution in [0.25, 0.3) is 10.2 Å². The number of carbonyl (C=O) groups excluding carboxylic acids is 2. The highest BCUT2D eigenvalue weighted by molar-refractivity contribution is 7.17. The fraction of sp³-hybridized carbons (Fsp3) is 0.680. The van der Waals surface area contributed by atoms with Crippen molar-refractivity contribution in [2.75, 3.05) is 13.1 Å². The SMILES string of the molecule is CC(C)NC(=O)C1CCC(Cn2c(=O)c3sccc3n(CC(=O)N3CCC[C@H](C)C3)c2=O)CC1. The summed E-state index contributed by atoms with van der Waals surface area (Å²) in [4.78, 5) is 53.8. The van der Waals surface area contributed by atoms with Crippen molar-refractivity contribution >= 4 is 33.4 Å². The number of fused-ring (bicyclic) bond motifs is 1. The smallest absolute Gasteiger partial charge is 0.332 e. The number of thiophene rings is 1. The molecule has 34 heavy (non-hydrogen) atoms. The maximum atomic E-state index is 13.4. The Bertz CT molecular complexity index is 1160. The fourth-order valence-electron chi connectivity index (χ4n) is 5.37. The van der Waals surface area contributed by atoms with Crippen LogP contribution in [0.15, 0.2) is 21.0 Å². The summed E-state index contributed by atoms with van der Waals surface area (Å²) in [6.45, 7) is 7.78. The van der Waals surface area contributed by atoms with E-state index in [0.717, 1.165) is 45.1 Å². The molecule has 9 heteroatoms. The highest BCUT2D eigenvalue weighted by atomic mass is 32.1. The summed E-state index contributed by atoms with van der Waals surface area (Å²) >= 11 is 1.32. The van der Waals surface area contributed by atoms with Crippen LogP contribution in [0.1, 0.15) is 59.3 Å². The van der Waals surface area contributed by atoms with E-state index in [4.69, 9.17) is 0 Å². The van der Waals surface area contributed by atoms with Gasteiger partial charge in [0.25, 0.3) is 5.56 Å². The van der Waals surface area contributed by atoms with E-state index in [1.807, 2.05) is 18.7 Å². The monoisotopic (exact) mass is 488 g/mol. The third-order valence-electron chi connectivity index (χ3n) is 7.23. The normalized spacial score (nSPS) is 23.4. The molecule has 186 valence electrons. The molecule has 1 N–H and O–H groups in total. The van der Waals surface area contributed by atoms with E-state index in [2.05, 4.69) is 12.2 Å². The number of likely N-dealkylation sites (tertiary alicyclic amines) is 1. The number of nitrogens with one attached hydrogen (secondary N) is 1. The Morgan fingerprint density at radius 3 is 2.53 bits per heavy atom. The van der Waals surface area contributed by atoms with E-state index in [1.54, 1.807) is 11.4 Å². The average molecular weight is 489 g/mol. The molecule has 1 saturated heterocycles. The zero-order chi connectivity index (χ0) is 24.4. The third-order valence-corrected chi connectivity index (χ3v) is 8.12. The second kappa shape index (κ2) is 10.5. The highest BCUT2D eigenvalue weighted by Crippen LogP contribution is 2.30. The van der Waals surface area contributed by atoms with Gasteiger partial charge in [-0.15, -0.1) is 11.3 Å². The number of nitrogens with zero attached hydrogens (tertiary/aromatic N) is 3. The van der Waals surface area contributed by atoms with Crippen molar-refractivity contribution in [3.8, 4) is 0 Å². The van der Waals surface area contributed by atoms with E-state index in [-0.39, 0.29) is 41.8 Å². The van der Waals surface area contributed by atoms with Crippen LogP contribution in [0.3, 0.4) is 0 Å². The summed E-state index contributed by atoms with van der Waals surface area (Å²) in [7, 11) is 0. The first-order chi connectivity index (χ1) is 16.2. The lowest BCUT2D eigenvalue weighted by Gasteiger charge is -2.31. The van der Waals surface area contributed by atoms with E-state index < -0.39 is 5.69 Å². The number of piperidine rings is 1. The number of hydrogen-bond acceptors (Lipinski definition) is 5. The number of rotatable bonds is 6. The number of amides is 2. The van der Waals surface area contributed by atoms with Gasteiger partial charge in [-0.05, 0) is 75.7 Å². The van der Waals surface area contributed by atoms with Gasteiger partial charge in [0, 0.05) is 31.6 Å². The molecule has 0 spiro atoms. The molecule has 1 aliphatic heterocycles. The standard InChI is InChI=1S/C25H36N4O4S/c1-16(2)26-23(31)19-8-6-18(7-9-19)14-29-24(32)22-20(10-12-34-22)28(25(29)33)15-21(30)27-11-4-5-17(3)13-27/h10,12,16-19H,4-9,11,13-15H2,1-3H3,(H,26,31)/t17-,18?,19?/m0/s1. The van der Waals surface area contributed by atoms with Gasteiger partial charge in [-0.25, -0.2) is 4.79 Å². The van der Waals surface area contributed by atoms with E-state index in [1.165, 1.54) is 20.5 Å². The molecule has 2 aromatic rings. The molecule has 0 radical (unpaired) electrons. The molecule has 1 aliphatic carbocycles. The van der Waals surface area contributed by atoms with Gasteiger partial charge >= 0.3 is 5.69 Å². The molecular formula is C25H36N4O4S. The second-order valence-corrected chi connectivity index (χ2v) is 11.3. The van der Waals surface area contributed by atoms with Crippen molar-refractivity contribution in [3.05, 3.63) is 32.3 Å². The van der Waals surface area contributed by atoms with Crippen molar-refractivity contribution in [2.45, 2.75) is 78.4 Å². The van der Waals surface area contributed by atoms with Gasteiger partial charge < -0.3 is 10.2 Å². The Morgan fingerprint density at radius 2 is 1.85 bits per heavy atom. The minimum absolute atomic E-state index is 0.00337. The van der Waals surface area contributed by atoms with Crippen molar-refractivity contribution in [3.63, 3.8) is 0 Å². The molecule has 3 heterocycles. The molecule has 2 aliphatic rings. The maximum absolute atomic E-state index is 13.4. The minimum atomic E-state index is -0.408. The molecule has 2 amide bonds. The number of carbonyl (C=O) groups is 2. The summed E-state index contributed by atoms with van der Waals surface area (Å²) in [6, 6.07) is 1.88. The summed E-state index contributed by atoms with van der Waals surface area (Å²) in [6.07, 6.45) is 5.22. The van der Waals surface area contributed by atoms with Crippen molar-refractivity contribution in [1.29, 1.82) is 0 Å². The largest absolute Gasteiger partial charge is 0.354 e. The third kappa shape index (κ3) is 5.29. The Hall–Kier alpha value is -2.42. The first kappa shape index (κ1) is 24.7. The summed E-state index contributed by atoms with van der Waals surface area (Å²) < 4.78 is 3.32. The van der Waals surface area contributed by atoms with Gasteiger partial charge in [-0.1, -0.05) is 6.92 Å².